The number of rotatable bonds is 8. The number of hydrogen-bond acceptors (Lipinski definition) is 8. The van der Waals surface area contributed by atoms with Crippen molar-refractivity contribution in [2.75, 3.05) is 54.5 Å². The Kier molecular flexibility index (Phi) is 6.89. The fraction of sp³-hybridized carbons (Fsp3) is 0.364. The zero-order chi connectivity index (χ0) is 24.3. The molecule has 0 radical (unpaired) electrons. The molecule has 0 amide bonds. The number of halogens is 1. The van der Waals surface area contributed by atoms with E-state index in [0.717, 1.165) is 18.9 Å². The van der Waals surface area contributed by atoms with Crippen molar-refractivity contribution in [1.82, 2.24) is 14.8 Å². The molecule has 1 aliphatic heterocycles. The van der Waals surface area contributed by atoms with Crippen LogP contribution >= 0.6 is 0 Å². The minimum absolute atomic E-state index is 0.00977. The van der Waals surface area contributed by atoms with Gasteiger partial charge in [-0.05, 0) is 30.2 Å². The van der Waals surface area contributed by atoms with E-state index < -0.39 is 15.8 Å². The van der Waals surface area contributed by atoms with Gasteiger partial charge in [0, 0.05) is 30.9 Å². The van der Waals surface area contributed by atoms with Crippen molar-refractivity contribution < 1.29 is 22.3 Å². The van der Waals surface area contributed by atoms with Crippen molar-refractivity contribution in [3.05, 3.63) is 42.5 Å². The van der Waals surface area contributed by atoms with Gasteiger partial charge in [0.05, 0.1) is 43.6 Å². The smallest absolute Gasteiger partial charge is 0.232 e. The second kappa shape index (κ2) is 9.85. The highest BCUT2D eigenvalue weighted by Gasteiger charge is 2.20. The summed E-state index contributed by atoms with van der Waals surface area (Å²) in [6.45, 7) is 4.54. The average molecular weight is 491 g/mol. The van der Waals surface area contributed by atoms with Gasteiger partial charge < -0.3 is 20.1 Å². The third-order valence-electron chi connectivity index (χ3n) is 5.38. The molecular weight excluding hydrogens is 463 g/mol. The van der Waals surface area contributed by atoms with E-state index in [9.17, 15) is 12.8 Å². The second-order valence-corrected chi connectivity index (χ2v) is 9.65. The lowest BCUT2D eigenvalue weighted by Crippen LogP contribution is -2.36. The Bertz CT molecular complexity index is 1270. The molecule has 4 rings (SSSR count). The Morgan fingerprint density at radius 2 is 2.03 bits per heavy atom. The normalized spacial score (nSPS) is 14.3. The van der Waals surface area contributed by atoms with E-state index in [2.05, 4.69) is 19.7 Å². The molecular formula is C22H27FN6O4S. The van der Waals surface area contributed by atoms with Crippen molar-refractivity contribution in [2.45, 2.75) is 13.3 Å². The van der Waals surface area contributed by atoms with E-state index in [1.54, 1.807) is 30.1 Å². The molecule has 1 fully saturated rings. The Morgan fingerprint density at radius 1 is 1.26 bits per heavy atom. The van der Waals surface area contributed by atoms with Crippen LogP contribution in [0.1, 0.15) is 13.3 Å². The molecule has 0 aliphatic carbocycles. The van der Waals surface area contributed by atoms with E-state index in [-0.39, 0.29) is 23.0 Å². The molecule has 0 bridgehead atoms. The molecule has 0 unspecified atom stereocenters. The molecule has 0 atom stereocenters. The first-order valence-electron chi connectivity index (χ1n) is 10.8. The highest BCUT2D eigenvalue weighted by atomic mass is 32.2. The van der Waals surface area contributed by atoms with Crippen molar-refractivity contribution in [2.24, 2.45) is 0 Å². The number of ether oxygens (including phenoxy) is 2. The topological polar surface area (TPSA) is 125 Å². The van der Waals surface area contributed by atoms with E-state index in [0.29, 0.717) is 36.4 Å². The minimum Gasteiger partial charge on any atom is -0.492 e. The van der Waals surface area contributed by atoms with Gasteiger partial charge in [0.25, 0.3) is 0 Å². The standard InChI is InChI=1S/C22H27FN6O4S/c1-3-10-34(30,31)27-19-12-15(11-18(23)21(19)32-2)17-13-16(14-25-22(17)24)29-5-4-20(26-29)28-6-8-33-9-7-28/h4-5,11-14,27H,3,6-10H2,1-2H3,(H2,24,25). The van der Waals surface area contributed by atoms with E-state index in [4.69, 9.17) is 15.2 Å². The van der Waals surface area contributed by atoms with Gasteiger partial charge in [-0.25, -0.2) is 22.5 Å². The Balaban J connectivity index is 1.71. The third-order valence-corrected chi connectivity index (χ3v) is 6.85. The van der Waals surface area contributed by atoms with E-state index in [1.807, 2.05) is 6.07 Å². The Labute approximate surface area is 197 Å². The van der Waals surface area contributed by atoms with Gasteiger partial charge in [0.15, 0.2) is 17.4 Å². The van der Waals surface area contributed by atoms with Crippen LogP contribution in [-0.2, 0) is 14.8 Å². The van der Waals surface area contributed by atoms with Gasteiger partial charge in [-0.1, -0.05) is 6.92 Å². The van der Waals surface area contributed by atoms with Crippen LogP contribution in [0, 0.1) is 5.82 Å². The minimum atomic E-state index is -3.67. The summed E-state index contributed by atoms with van der Waals surface area (Å²) in [5.74, 6) is -0.0616. The number of methoxy groups -OCH3 is 1. The fourth-order valence-corrected chi connectivity index (χ4v) is 4.89. The number of hydrogen-bond donors (Lipinski definition) is 2. The zero-order valence-corrected chi connectivity index (χ0v) is 19.8. The summed E-state index contributed by atoms with van der Waals surface area (Å²) in [7, 11) is -2.40. The monoisotopic (exact) mass is 490 g/mol. The van der Waals surface area contributed by atoms with Crippen molar-refractivity contribution in [1.29, 1.82) is 0 Å². The summed E-state index contributed by atoms with van der Waals surface area (Å²) >= 11 is 0. The van der Waals surface area contributed by atoms with Gasteiger partial charge in [0.2, 0.25) is 10.0 Å². The number of aromatic nitrogens is 3. The van der Waals surface area contributed by atoms with Crippen LogP contribution in [0.25, 0.3) is 16.8 Å². The number of sulfonamides is 1. The molecule has 3 N–H and O–H groups in total. The van der Waals surface area contributed by atoms with Crippen LogP contribution < -0.4 is 20.1 Å². The van der Waals surface area contributed by atoms with Crippen LogP contribution in [0.5, 0.6) is 5.75 Å². The molecule has 10 nitrogen and oxygen atoms in total. The van der Waals surface area contributed by atoms with Crippen molar-refractivity contribution in [3.8, 4) is 22.6 Å². The first-order valence-corrected chi connectivity index (χ1v) is 12.5. The molecule has 0 spiro atoms. The van der Waals surface area contributed by atoms with Gasteiger partial charge >= 0.3 is 0 Å². The lowest BCUT2D eigenvalue weighted by Gasteiger charge is -2.26. The number of nitrogen functional groups attached to an aromatic ring is 1. The summed E-state index contributed by atoms with van der Waals surface area (Å²) in [6, 6.07) is 6.34. The van der Waals surface area contributed by atoms with Crippen LogP contribution in [0.3, 0.4) is 0 Å². The van der Waals surface area contributed by atoms with E-state index >= 15 is 0 Å². The molecule has 1 saturated heterocycles. The first-order chi connectivity index (χ1) is 16.3. The lowest BCUT2D eigenvalue weighted by molar-refractivity contribution is 0.122. The van der Waals surface area contributed by atoms with Gasteiger partial charge in [-0.3, -0.25) is 4.72 Å². The second-order valence-electron chi connectivity index (χ2n) is 7.80. The summed E-state index contributed by atoms with van der Waals surface area (Å²) in [5, 5.41) is 4.62. The van der Waals surface area contributed by atoms with Crippen LogP contribution in [0.4, 0.5) is 21.7 Å². The van der Waals surface area contributed by atoms with Crippen molar-refractivity contribution >= 4 is 27.3 Å². The summed E-state index contributed by atoms with van der Waals surface area (Å²) in [5.41, 5.74) is 7.50. The molecule has 34 heavy (non-hydrogen) atoms. The molecule has 1 aromatic carbocycles. The maximum atomic E-state index is 14.9. The van der Waals surface area contributed by atoms with E-state index in [1.165, 1.54) is 19.2 Å². The molecule has 182 valence electrons. The van der Waals surface area contributed by atoms with Gasteiger partial charge in [0.1, 0.15) is 5.82 Å². The quantitative estimate of drug-likeness (QED) is 0.494. The van der Waals surface area contributed by atoms with Crippen molar-refractivity contribution in [3.63, 3.8) is 0 Å². The highest BCUT2D eigenvalue weighted by Crippen LogP contribution is 2.36. The molecule has 3 aromatic rings. The van der Waals surface area contributed by atoms with Crippen LogP contribution in [0.15, 0.2) is 36.7 Å². The van der Waals surface area contributed by atoms with Gasteiger partial charge in [-0.2, -0.15) is 5.10 Å². The van der Waals surface area contributed by atoms with Crippen LogP contribution in [0.2, 0.25) is 0 Å². The molecule has 12 heteroatoms. The molecule has 3 heterocycles. The SMILES string of the molecule is CCCS(=O)(=O)Nc1cc(-c2cc(-n3ccc(N4CCOCC4)n3)cnc2N)cc(F)c1OC. The first kappa shape index (κ1) is 23.8. The maximum Gasteiger partial charge on any atom is 0.232 e. The highest BCUT2D eigenvalue weighted by molar-refractivity contribution is 7.92. The molecule has 1 aliphatic rings. The largest absolute Gasteiger partial charge is 0.492 e. The maximum absolute atomic E-state index is 14.9. The summed E-state index contributed by atoms with van der Waals surface area (Å²) in [4.78, 5) is 6.37. The Morgan fingerprint density at radius 3 is 2.74 bits per heavy atom. The number of benzene rings is 1. The van der Waals surface area contributed by atoms with Crippen LogP contribution in [-0.4, -0.2) is 62.3 Å². The molecule has 2 aromatic heterocycles. The predicted molar refractivity (Wildman–Crippen MR) is 128 cm³/mol. The number of nitrogens with zero attached hydrogens (tertiary/aromatic N) is 4. The zero-order valence-electron chi connectivity index (χ0n) is 19.0. The summed E-state index contributed by atoms with van der Waals surface area (Å²) in [6.07, 6.45) is 3.79. The Hall–Kier alpha value is -3.38. The fourth-order valence-electron chi connectivity index (χ4n) is 3.76. The predicted octanol–water partition coefficient (Wildman–Crippen LogP) is 2.65. The number of anilines is 3. The molecule has 0 saturated carbocycles. The third kappa shape index (κ3) is 5.07. The lowest BCUT2D eigenvalue weighted by atomic mass is 10.0. The average Bonchev–Trinajstić information content (AvgIpc) is 3.30. The number of pyridine rings is 1. The number of nitrogens with two attached hydrogens (primary N) is 1. The number of morpholine rings is 1. The van der Waals surface area contributed by atoms with Gasteiger partial charge in [-0.15, -0.1) is 0 Å². The number of nitrogens with one attached hydrogen (secondary N) is 1. The summed E-state index contributed by atoms with van der Waals surface area (Å²) < 4.78 is 54.1.